The Morgan fingerprint density at radius 1 is 0.512 bits per heavy atom. The number of carbonyl (C=O) groups is 3. The van der Waals surface area contributed by atoms with Crippen molar-refractivity contribution >= 4 is 17.9 Å². The average Bonchev–Trinajstić information content (AvgIpc) is 2.94. The highest BCUT2D eigenvalue weighted by molar-refractivity contribution is 5.70. The minimum absolute atomic E-state index is 0.223. The zero-order chi connectivity index (χ0) is 30.9. The highest BCUT2D eigenvalue weighted by atomic mass is 16.4. The van der Waals surface area contributed by atoms with E-state index in [4.69, 9.17) is 0 Å². The summed E-state index contributed by atoms with van der Waals surface area (Å²) in [6.07, 6.45) is 22.9. The van der Waals surface area contributed by atoms with Crippen molar-refractivity contribution in [1.82, 2.24) is 0 Å². The summed E-state index contributed by atoms with van der Waals surface area (Å²) in [7, 11) is 0. The molecule has 0 rings (SSSR count). The fourth-order valence-electron chi connectivity index (χ4n) is 6.21. The number of unbranched alkanes of at least 4 members (excludes halogenated alkanes) is 16. The lowest BCUT2D eigenvalue weighted by Crippen LogP contribution is -2.59. The fraction of sp³-hybridized carbons (Fsp3) is 0.912. The lowest BCUT2D eigenvalue weighted by atomic mass is 9.95. The molecule has 0 spiro atoms. The third-order valence-corrected chi connectivity index (χ3v) is 9.07. The summed E-state index contributed by atoms with van der Waals surface area (Å²) in [6.45, 7) is 9.07. The number of carboxylic acid groups (broad SMARTS) is 3. The summed E-state index contributed by atoms with van der Waals surface area (Å²) in [5.41, 5.74) is 0. The van der Waals surface area contributed by atoms with Crippen molar-refractivity contribution in [1.29, 1.82) is 0 Å². The molecular formula is C34H65NO6. The molecule has 0 amide bonds. The van der Waals surface area contributed by atoms with Gasteiger partial charge in [-0.25, -0.2) is 0 Å². The predicted octanol–water partition coefficient (Wildman–Crippen LogP) is 7.45. The first-order chi connectivity index (χ1) is 19.7. The van der Waals surface area contributed by atoms with Gasteiger partial charge in [-0.05, 0) is 32.1 Å². The molecule has 3 unspecified atom stereocenters. The Morgan fingerprint density at radius 3 is 1.07 bits per heavy atom. The Labute approximate surface area is 252 Å². The standard InChI is InChI=1S/C34H65NO6/c1-5-9-10-11-12-13-14-15-16-17-18-19-20-21-22-23-24-25-35(26-29(6-2)32(36)37,27-30(7-3)33(38)39)28-31(8-4)34(40)41/h29-31H,5-28H2,1-4H3,(H2-,36,37,38,39,40,41). The van der Waals surface area contributed by atoms with E-state index in [1.165, 1.54) is 89.9 Å². The van der Waals surface area contributed by atoms with E-state index in [-0.39, 0.29) is 24.1 Å². The first-order valence-electron chi connectivity index (χ1n) is 17.2. The second-order valence-corrected chi connectivity index (χ2v) is 12.6. The maximum absolute atomic E-state index is 12.0. The topological polar surface area (TPSA) is 115 Å². The van der Waals surface area contributed by atoms with Gasteiger partial charge in [-0.3, -0.25) is 9.59 Å². The van der Waals surface area contributed by atoms with Crippen LogP contribution >= 0.6 is 0 Å². The van der Waals surface area contributed by atoms with E-state index < -0.39 is 35.7 Å². The van der Waals surface area contributed by atoms with Crippen LogP contribution in [0.15, 0.2) is 0 Å². The Morgan fingerprint density at radius 2 is 0.805 bits per heavy atom. The van der Waals surface area contributed by atoms with Crippen LogP contribution in [0.4, 0.5) is 0 Å². The molecule has 0 saturated heterocycles. The minimum Gasteiger partial charge on any atom is -0.550 e. The molecule has 0 radical (unpaired) electrons. The molecule has 0 aromatic heterocycles. The van der Waals surface area contributed by atoms with Gasteiger partial charge in [-0.1, -0.05) is 124 Å². The quantitative estimate of drug-likeness (QED) is 0.0670. The van der Waals surface area contributed by atoms with Gasteiger partial charge in [-0.15, -0.1) is 0 Å². The first kappa shape index (κ1) is 39.4. The van der Waals surface area contributed by atoms with Gasteiger partial charge >= 0.3 is 11.9 Å². The van der Waals surface area contributed by atoms with Crippen molar-refractivity contribution in [3.05, 3.63) is 0 Å². The number of rotatable bonds is 30. The van der Waals surface area contributed by atoms with Gasteiger partial charge in [0.1, 0.15) is 11.8 Å². The summed E-state index contributed by atoms with van der Waals surface area (Å²) in [6, 6.07) is 0. The smallest absolute Gasteiger partial charge is 0.312 e. The van der Waals surface area contributed by atoms with Crippen molar-refractivity contribution in [2.24, 2.45) is 17.8 Å². The molecule has 7 nitrogen and oxygen atoms in total. The minimum atomic E-state index is -1.14. The van der Waals surface area contributed by atoms with E-state index >= 15 is 0 Å². The lowest BCUT2D eigenvalue weighted by molar-refractivity contribution is -0.935. The molecule has 41 heavy (non-hydrogen) atoms. The van der Waals surface area contributed by atoms with Crippen LogP contribution in [0.2, 0.25) is 0 Å². The Balaban J connectivity index is 4.72. The molecular weight excluding hydrogens is 518 g/mol. The molecule has 0 saturated carbocycles. The van der Waals surface area contributed by atoms with Crippen molar-refractivity contribution in [3.8, 4) is 0 Å². The van der Waals surface area contributed by atoms with Crippen molar-refractivity contribution < 1.29 is 34.2 Å². The molecule has 0 aromatic rings. The molecule has 0 aliphatic heterocycles. The van der Waals surface area contributed by atoms with Crippen LogP contribution in [-0.4, -0.2) is 58.8 Å². The predicted molar refractivity (Wildman–Crippen MR) is 166 cm³/mol. The molecule has 2 N–H and O–H groups in total. The van der Waals surface area contributed by atoms with Gasteiger partial charge in [0.25, 0.3) is 0 Å². The third-order valence-electron chi connectivity index (χ3n) is 9.07. The molecule has 7 heteroatoms. The number of carboxylic acids is 3. The number of hydrogen-bond donors (Lipinski definition) is 2. The third kappa shape index (κ3) is 19.2. The average molecular weight is 584 g/mol. The summed E-state index contributed by atoms with van der Waals surface area (Å²) in [5, 5.41) is 31.5. The normalized spacial score (nSPS) is 15.2. The van der Waals surface area contributed by atoms with Gasteiger partial charge in [0.05, 0.1) is 32.1 Å². The number of nitrogens with zero attached hydrogens (tertiary/aromatic N) is 1. The van der Waals surface area contributed by atoms with Crippen LogP contribution in [0.3, 0.4) is 0 Å². The van der Waals surface area contributed by atoms with Gasteiger partial charge < -0.3 is 24.6 Å². The number of quaternary nitrogens is 1. The zero-order valence-electron chi connectivity index (χ0n) is 27.2. The molecule has 3 atom stereocenters. The molecule has 0 aromatic carbocycles. The highest BCUT2D eigenvalue weighted by Crippen LogP contribution is 2.25. The first-order valence-corrected chi connectivity index (χ1v) is 17.2. The van der Waals surface area contributed by atoms with Gasteiger partial charge in [0, 0.05) is 5.92 Å². The molecule has 0 heterocycles. The lowest BCUT2D eigenvalue weighted by Gasteiger charge is -2.44. The van der Waals surface area contributed by atoms with Crippen molar-refractivity contribution in [2.75, 3.05) is 26.2 Å². The van der Waals surface area contributed by atoms with Crippen molar-refractivity contribution in [2.45, 2.75) is 156 Å². The monoisotopic (exact) mass is 583 g/mol. The molecule has 0 bridgehead atoms. The zero-order valence-corrected chi connectivity index (χ0v) is 27.2. The SMILES string of the molecule is CCCCCCCCCCCCCCCCCCC[N+](CC(CC)C(=O)[O-])(CC(CC)C(=O)O)CC(CC)C(=O)O. The molecule has 0 fully saturated rings. The molecule has 0 aliphatic carbocycles. The van der Waals surface area contributed by atoms with Crippen LogP contribution in [0, 0.1) is 17.8 Å². The second kappa shape index (κ2) is 24.9. The van der Waals surface area contributed by atoms with E-state index in [9.17, 15) is 29.7 Å². The molecule has 0 aliphatic rings. The number of aliphatic carboxylic acids is 3. The number of carbonyl (C=O) groups excluding carboxylic acids is 1. The van der Waals surface area contributed by atoms with Crippen LogP contribution < -0.4 is 5.11 Å². The van der Waals surface area contributed by atoms with E-state index in [2.05, 4.69) is 6.92 Å². The second-order valence-electron chi connectivity index (χ2n) is 12.6. The Bertz CT molecular complexity index is 622. The summed E-state index contributed by atoms with van der Waals surface area (Å²) >= 11 is 0. The summed E-state index contributed by atoms with van der Waals surface area (Å²) < 4.78 is 0.223. The fourth-order valence-corrected chi connectivity index (χ4v) is 6.21. The van der Waals surface area contributed by atoms with E-state index in [1.807, 2.05) is 13.8 Å². The van der Waals surface area contributed by atoms with Crippen LogP contribution in [0.5, 0.6) is 0 Å². The largest absolute Gasteiger partial charge is 0.550 e. The van der Waals surface area contributed by atoms with Crippen molar-refractivity contribution in [3.63, 3.8) is 0 Å². The van der Waals surface area contributed by atoms with E-state index in [1.54, 1.807) is 6.92 Å². The van der Waals surface area contributed by atoms with Gasteiger partial charge in [0.15, 0.2) is 0 Å². The van der Waals surface area contributed by atoms with Crippen LogP contribution in [0.25, 0.3) is 0 Å². The summed E-state index contributed by atoms with van der Waals surface area (Å²) in [5.74, 6) is -4.93. The maximum atomic E-state index is 12.0. The summed E-state index contributed by atoms with van der Waals surface area (Å²) in [4.78, 5) is 35.8. The van der Waals surface area contributed by atoms with Crippen LogP contribution in [-0.2, 0) is 14.4 Å². The Kier molecular flexibility index (Phi) is 23.9. The van der Waals surface area contributed by atoms with Gasteiger partial charge in [-0.2, -0.15) is 0 Å². The van der Waals surface area contributed by atoms with Gasteiger partial charge in [0.2, 0.25) is 0 Å². The van der Waals surface area contributed by atoms with E-state index in [0.717, 1.165) is 19.3 Å². The molecule has 242 valence electrons. The highest BCUT2D eigenvalue weighted by Gasteiger charge is 2.39. The maximum Gasteiger partial charge on any atom is 0.312 e. The van der Waals surface area contributed by atoms with E-state index in [0.29, 0.717) is 25.8 Å². The Hall–Kier alpha value is -1.63. The van der Waals surface area contributed by atoms with Crippen LogP contribution in [0.1, 0.15) is 156 Å². The number of hydrogen-bond acceptors (Lipinski definition) is 4.